The first-order valence-electron chi connectivity index (χ1n) is 14.0. The van der Waals surface area contributed by atoms with Crippen LogP contribution in [0.2, 0.25) is 0 Å². The molecule has 194 valence electrons. The average molecular weight is 483 g/mol. The molecule has 1 fully saturated rings. The number of fused-ring (bicyclic) bond motifs is 3. The molecule has 4 nitrogen and oxygen atoms in total. The van der Waals surface area contributed by atoms with Gasteiger partial charge in [-0.2, -0.15) is 0 Å². The first kappa shape index (κ1) is 27.5. The molecule has 3 aliphatic carbocycles. The molecule has 0 saturated heterocycles. The lowest BCUT2D eigenvalue weighted by molar-refractivity contribution is -0.149. The number of ketones is 1. The molecule has 0 bridgehead atoms. The highest BCUT2D eigenvalue weighted by molar-refractivity contribution is 5.90. The van der Waals surface area contributed by atoms with Crippen LogP contribution in [0.1, 0.15) is 104 Å². The van der Waals surface area contributed by atoms with Gasteiger partial charge in [-0.25, -0.2) is 0 Å². The van der Waals surface area contributed by atoms with Gasteiger partial charge in [0.05, 0.1) is 12.9 Å². The summed E-state index contributed by atoms with van der Waals surface area (Å²) in [5.41, 5.74) is 3.05. The second-order valence-electron chi connectivity index (χ2n) is 11.1. The Morgan fingerprint density at radius 3 is 2.69 bits per heavy atom. The van der Waals surface area contributed by atoms with Gasteiger partial charge >= 0.3 is 5.97 Å². The van der Waals surface area contributed by atoms with E-state index >= 15 is 0 Å². The summed E-state index contributed by atoms with van der Waals surface area (Å²) in [6, 6.07) is 3.79. The number of aryl methyl sites for hydroxylation is 1. The number of carbonyl (C=O) groups is 2. The molecule has 0 aliphatic heterocycles. The maximum absolute atomic E-state index is 12.1. The van der Waals surface area contributed by atoms with Gasteiger partial charge < -0.3 is 9.15 Å². The SMILES string of the molecule is CCCCC1C2CCC3=CC(=O)CCCC3C2=CCCC1(C)COC(=O)CCC.Cc1ccco1. The number of hydrogen-bond donors (Lipinski definition) is 0. The second kappa shape index (κ2) is 13.3. The van der Waals surface area contributed by atoms with Gasteiger partial charge in [-0.15, -0.1) is 0 Å². The van der Waals surface area contributed by atoms with Gasteiger partial charge in [0.1, 0.15) is 5.76 Å². The number of ether oxygens (including phenoxy) is 1. The van der Waals surface area contributed by atoms with Gasteiger partial charge in [-0.1, -0.05) is 50.8 Å². The minimum absolute atomic E-state index is 0.0449. The number of esters is 1. The zero-order chi connectivity index (χ0) is 25.3. The van der Waals surface area contributed by atoms with E-state index in [1.165, 1.54) is 24.8 Å². The number of unbranched alkanes of at least 4 members (excludes halogenated alkanes) is 1. The average Bonchev–Trinajstić information content (AvgIpc) is 3.16. The summed E-state index contributed by atoms with van der Waals surface area (Å²) in [6.45, 7) is 9.14. The monoisotopic (exact) mass is 482 g/mol. The third kappa shape index (κ3) is 7.44. The zero-order valence-electron chi connectivity index (χ0n) is 22.4. The fourth-order valence-corrected chi connectivity index (χ4v) is 6.42. The van der Waals surface area contributed by atoms with Gasteiger partial charge in [0.15, 0.2) is 5.78 Å². The molecule has 0 N–H and O–H groups in total. The van der Waals surface area contributed by atoms with Crippen molar-refractivity contribution in [1.82, 2.24) is 0 Å². The van der Waals surface area contributed by atoms with Crippen LogP contribution < -0.4 is 0 Å². The Labute approximate surface area is 212 Å². The molecular formula is C31H46O4. The molecule has 35 heavy (non-hydrogen) atoms. The molecule has 1 aromatic heterocycles. The maximum Gasteiger partial charge on any atom is 0.305 e. The van der Waals surface area contributed by atoms with Gasteiger partial charge in [0.2, 0.25) is 0 Å². The lowest BCUT2D eigenvalue weighted by Gasteiger charge is -2.45. The van der Waals surface area contributed by atoms with Crippen LogP contribution in [0.5, 0.6) is 0 Å². The molecule has 4 unspecified atom stereocenters. The van der Waals surface area contributed by atoms with Gasteiger partial charge in [0.25, 0.3) is 0 Å². The molecule has 4 atom stereocenters. The van der Waals surface area contributed by atoms with Crippen LogP contribution in [0.4, 0.5) is 0 Å². The molecule has 1 saturated carbocycles. The van der Waals surface area contributed by atoms with Crippen LogP contribution >= 0.6 is 0 Å². The van der Waals surface area contributed by atoms with E-state index in [9.17, 15) is 9.59 Å². The summed E-state index contributed by atoms with van der Waals surface area (Å²) in [6.07, 6.45) is 18.4. The Balaban J connectivity index is 0.000000497. The summed E-state index contributed by atoms with van der Waals surface area (Å²) >= 11 is 0. The molecule has 0 spiro atoms. The Bertz CT molecular complexity index is 878. The lowest BCUT2D eigenvalue weighted by atomic mass is 9.60. The van der Waals surface area contributed by atoms with Crippen molar-refractivity contribution < 1.29 is 18.7 Å². The third-order valence-electron chi connectivity index (χ3n) is 8.31. The van der Waals surface area contributed by atoms with Crippen LogP contribution in [0, 0.1) is 30.1 Å². The number of carbonyl (C=O) groups excluding carboxylic acids is 2. The van der Waals surface area contributed by atoms with E-state index in [-0.39, 0.29) is 11.4 Å². The molecule has 0 aromatic carbocycles. The molecular weight excluding hydrogens is 436 g/mol. The number of hydrogen-bond acceptors (Lipinski definition) is 4. The fourth-order valence-electron chi connectivity index (χ4n) is 6.42. The minimum atomic E-state index is -0.0449. The summed E-state index contributed by atoms with van der Waals surface area (Å²) in [5.74, 6) is 2.87. The van der Waals surface area contributed by atoms with Crippen LogP contribution in [-0.2, 0) is 14.3 Å². The van der Waals surface area contributed by atoms with Crippen molar-refractivity contribution in [3.05, 3.63) is 47.5 Å². The van der Waals surface area contributed by atoms with Gasteiger partial charge in [-0.05, 0) is 88.3 Å². The maximum atomic E-state index is 12.1. The van der Waals surface area contributed by atoms with E-state index in [1.807, 2.05) is 32.1 Å². The Morgan fingerprint density at radius 2 is 2.03 bits per heavy atom. The van der Waals surface area contributed by atoms with Crippen LogP contribution in [0.25, 0.3) is 0 Å². The Kier molecular flexibility index (Phi) is 10.4. The molecule has 4 rings (SSSR count). The third-order valence-corrected chi connectivity index (χ3v) is 8.31. The summed E-state index contributed by atoms with van der Waals surface area (Å²) in [5, 5.41) is 0. The van der Waals surface area contributed by atoms with Gasteiger partial charge in [0, 0.05) is 24.2 Å². The van der Waals surface area contributed by atoms with Crippen molar-refractivity contribution >= 4 is 11.8 Å². The predicted octanol–water partition coefficient (Wildman–Crippen LogP) is 8.16. The quantitative estimate of drug-likeness (QED) is 0.290. The molecule has 1 heterocycles. The molecule has 0 amide bonds. The van der Waals surface area contributed by atoms with E-state index in [2.05, 4.69) is 19.9 Å². The van der Waals surface area contributed by atoms with Crippen molar-refractivity contribution in [1.29, 1.82) is 0 Å². The van der Waals surface area contributed by atoms with Crippen LogP contribution in [-0.4, -0.2) is 18.4 Å². The summed E-state index contributed by atoms with van der Waals surface area (Å²) in [7, 11) is 0. The predicted molar refractivity (Wildman–Crippen MR) is 141 cm³/mol. The standard InChI is InChI=1S/C26H40O3.C5H6O/c1-4-6-13-24-23-15-14-19-17-20(27)10-7-11-21(19)22(23)12-8-16-26(24,3)18-29-25(28)9-5-2;1-5-3-2-4-6-5/h12,17,21,23-24H,4-11,13-16,18H2,1-3H3;2-4H,1H3. The first-order valence-corrected chi connectivity index (χ1v) is 14.0. The molecule has 3 aliphatic rings. The van der Waals surface area contributed by atoms with Crippen LogP contribution in [0.15, 0.2) is 46.1 Å². The smallest absolute Gasteiger partial charge is 0.305 e. The molecule has 4 heteroatoms. The van der Waals surface area contributed by atoms with E-state index in [1.54, 1.807) is 11.8 Å². The fraction of sp³-hybridized carbons (Fsp3) is 0.677. The summed E-state index contributed by atoms with van der Waals surface area (Å²) < 4.78 is 10.6. The van der Waals surface area contributed by atoms with E-state index in [0.29, 0.717) is 43.0 Å². The molecule has 1 aromatic rings. The van der Waals surface area contributed by atoms with E-state index in [0.717, 1.165) is 50.7 Å². The van der Waals surface area contributed by atoms with E-state index in [4.69, 9.17) is 9.15 Å². The lowest BCUT2D eigenvalue weighted by Crippen LogP contribution is -2.39. The summed E-state index contributed by atoms with van der Waals surface area (Å²) in [4.78, 5) is 24.2. The highest BCUT2D eigenvalue weighted by atomic mass is 16.5. The van der Waals surface area contributed by atoms with Crippen molar-refractivity contribution in [2.75, 3.05) is 6.61 Å². The highest BCUT2D eigenvalue weighted by Crippen LogP contribution is 2.53. The second-order valence-corrected chi connectivity index (χ2v) is 11.1. The van der Waals surface area contributed by atoms with Crippen LogP contribution in [0.3, 0.4) is 0 Å². The zero-order valence-corrected chi connectivity index (χ0v) is 22.4. The largest absolute Gasteiger partial charge is 0.470 e. The first-order chi connectivity index (χ1) is 16.9. The number of rotatable bonds is 7. The number of allylic oxidation sites excluding steroid dienone is 4. The highest BCUT2D eigenvalue weighted by Gasteiger charge is 2.45. The van der Waals surface area contributed by atoms with Crippen molar-refractivity contribution in [2.24, 2.45) is 23.2 Å². The Hall–Kier alpha value is -2.10. The van der Waals surface area contributed by atoms with Gasteiger partial charge in [-0.3, -0.25) is 9.59 Å². The number of furan rings is 1. The molecule has 0 radical (unpaired) electrons. The van der Waals surface area contributed by atoms with Crippen molar-refractivity contribution in [3.8, 4) is 0 Å². The van der Waals surface area contributed by atoms with Crippen molar-refractivity contribution in [2.45, 2.75) is 105 Å². The van der Waals surface area contributed by atoms with E-state index < -0.39 is 0 Å². The minimum Gasteiger partial charge on any atom is -0.470 e. The topological polar surface area (TPSA) is 56.5 Å². The van der Waals surface area contributed by atoms with Crippen molar-refractivity contribution in [3.63, 3.8) is 0 Å². The normalized spacial score (nSPS) is 28.2. The Morgan fingerprint density at radius 1 is 1.20 bits per heavy atom.